The van der Waals surface area contributed by atoms with Gasteiger partial charge in [-0.25, -0.2) is 0 Å². The van der Waals surface area contributed by atoms with Gasteiger partial charge < -0.3 is 27.2 Å². The number of likely N-dealkylation sites (tertiary alicyclic amines) is 1. The zero-order chi connectivity index (χ0) is 14.5. The van der Waals surface area contributed by atoms with Crippen LogP contribution < -0.4 is 17.1 Å². The predicted octanol–water partition coefficient (Wildman–Crippen LogP) is -0.221. The number of β-amino-alcohol motifs (C(OH)–C–C–N with tert-alkyl or cyclic N) is 1. The van der Waals surface area contributed by atoms with Crippen molar-refractivity contribution in [1.82, 2.24) is 4.90 Å². The van der Waals surface area contributed by atoms with Crippen molar-refractivity contribution >= 4 is 0 Å². The third-order valence-electron chi connectivity index (χ3n) is 3.98. The fourth-order valence-electron chi connectivity index (χ4n) is 2.80. The number of nitrogens with zero attached hydrogens (tertiary/aromatic N) is 1. The van der Waals surface area contributed by atoms with E-state index in [0.717, 1.165) is 31.3 Å². The minimum atomic E-state index is -0.413. The second kappa shape index (κ2) is 8.62. The summed E-state index contributed by atoms with van der Waals surface area (Å²) in [5, 5.41) is 10.1. The second-order valence-corrected chi connectivity index (χ2v) is 6.27. The maximum atomic E-state index is 10.1. The summed E-state index contributed by atoms with van der Waals surface area (Å²) in [5.74, 6) is 1.68. The molecule has 1 aromatic rings. The van der Waals surface area contributed by atoms with Crippen molar-refractivity contribution in [3.63, 3.8) is 0 Å². The van der Waals surface area contributed by atoms with Gasteiger partial charge in [0.25, 0.3) is 0 Å². The predicted molar refractivity (Wildman–Crippen MR) is 82.3 cm³/mol. The molecule has 0 amide bonds. The van der Waals surface area contributed by atoms with E-state index < -0.39 is 6.10 Å². The van der Waals surface area contributed by atoms with Crippen LogP contribution in [0.25, 0.3) is 0 Å². The summed E-state index contributed by atoms with van der Waals surface area (Å²) in [6, 6.07) is 6.16. The number of aryl methyl sites for hydroxylation is 2. The second-order valence-electron chi connectivity index (χ2n) is 6.27. The number of piperidine rings is 1. The topological polar surface area (TPSA) is 32.7 Å². The average Bonchev–Trinajstić information content (AvgIpc) is 2.38. The average molecular weight is 313 g/mol. The normalized spacial score (nSPS) is 18.1. The Bertz CT molecular complexity index is 411. The lowest BCUT2D eigenvalue weighted by Crippen LogP contribution is -3.00. The van der Waals surface area contributed by atoms with E-state index in [1.807, 2.05) is 12.1 Å². The first-order valence-electron chi connectivity index (χ1n) is 7.64. The number of rotatable bonds is 5. The Labute approximate surface area is 134 Å². The van der Waals surface area contributed by atoms with Gasteiger partial charge in [-0.3, -0.25) is 0 Å². The van der Waals surface area contributed by atoms with Crippen LogP contribution in [0, 0.1) is 19.8 Å². The standard InChI is InChI=1S/C17H27NO2.ClH/c1-13-4-6-18(7-5-13)11-16(19)12-20-17-9-14(2)8-15(3)10-17;/h8-10,13,16,19H,4-7,11-12H2,1-3H3;1H/p-1. The molecule has 120 valence electrons. The summed E-state index contributed by atoms with van der Waals surface area (Å²) in [4.78, 5) is 2.34. The molecular weight excluding hydrogens is 286 g/mol. The molecule has 3 nitrogen and oxygen atoms in total. The molecule has 4 heteroatoms. The largest absolute Gasteiger partial charge is 1.00 e. The number of aliphatic hydroxyl groups excluding tert-OH is 1. The molecule has 1 aliphatic heterocycles. The SMILES string of the molecule is Cc1cc(C)cc(OCC(O)CN2CCC(C)CC2)c1.[Cl-]. The molecule has 0 radical (unpaired) electrons. The maximum absolute atomic E-state index is 10.1. The monoisotopic (exact) mass is 312 g/mol. The number of hydrogen-bond acceptors (Lipinski definition) is 3. The van der Waals surface area contributed by atoms with E-state index in [9.17, 15) is 5.11 Å². The maximum Gasteiger partial charge on any atom is 0.119 e. The van der Waals surface area contributed by atoms with Crippen LogP contribution in [-0.4, -0.2) is 42.4 Å². The summed E-state index contributed by atoms with van der Waals surface area (Å²) in [7, 11) is 0. The first kappa shape index (κ1) is 18.3. The van der Waals surface area contributed by atoms with Gasteiger partial charge in [0, 0.05) is 6.54 Å². The van der Waals surface area contributed by atoms with E-state index in [4.69, 9.17) is 4.74 Å². The van der Waals surface area contributed by atoms with Gasteiger partial charge in [-0.05, 0) is 69.0 Å². The van der Waals surface area contributed by atoms with Gasteiger partial charge in [0.15, 0.2) is 0 Å². The van der Waals surface area contributed by atoms with Gasteiger partial charge in [0.2, 0.25) is 0 Å². The first-order valence-corrected chi connectivity index (χ1v) is 7.64. The molecule has 0 aromatic heterocycles. The van der Waals surface area contributed by atoms with Gasteiger partial charge in [0.05, 0.1) is 0 Å². The molecule has 0 bridgehead atoms. The van der Waals surface area contributed by atoms with Crippen LogP contribution >= 0.6 is 0 Å². The molecule has 1 saturated heterocycles. The molecular formula is C17H27ClNO2-. The van der Waals surface area contributed by atoms with Gasteiger partial charge in [-0.1, -0.05) is 13.0 Å². The Morgan fingerprint density at radius 1 is 1.19 bits per heavy atom. The first-order chi connectivity index (χ1) is 9.52. The Kier molecular flexibility index (Phi) is 7.50. The van der Waals surface area contributed by atoms with Crippen LogP contribution in [0.1, 0.15) is 30.9 Å². The van der Waals surface area contributed by atoms with E-state index in [2.05, 4.69) is 31.7 Å². The molecule has 2 rings (SSSR count). The molecule has 0 aliphatic carbocycles. The van der Waals surface area contributed by atoms with Crippen molar-refractivity contribution in [2.45, 2.75) is 39.7 Å². The highest BCUT2D eigenvalue weighted by Crippen LogP contribution is 2.18. The number of ether oxygens (including phenoxy) is 1. The Morgan fingerprint density at radius 3 is 2.33 bits per heavy atom. The fraction of sp³-hybridized carbons (Fsp3) is 0.647. The zero-order valence-electron chi connectivity index (χ0n) is 13.3. The minimum absolute atomic E-state index is 0. The van der Waals surface area contributed by atoms with Crippen LogP contribution in [-0.2, 0) is 0 Å². The number of halogens is 1. The number of benzene rings is 1. The molecule has 1 N–H and O–H groups in total. The highest BCUT2D eigenvalue weighted by molar-refractivity contribution is 5.32. The number of hydrogen-bond donors (Lipinski definition) is 1. The molecule has 1 aliphatic rings. The van der Waals surface area contributed by atoms with Crippen LogP contribution in [0.4, 0.5) is 0 Å². The smallest absolute Gasteiger partial charge is 0.119 e. The van der Waals surface area contributed by atoms with E-state index >= 15 is 0 Å². The minimum Gasteiger partial charge on any atom is -1.00 e. The highest BCUT2D eigenvalue weighted by atomic mass is 35.5. The molecule has 21 heavy (non-hydrogen) atoms. The van der Waals surface area contributed by atoms with Crippen molar-refractivity contribution in [3.05, 3.63) is 29.3 Å². The van der Waals surface area contributed by atoms with Crippen molar-refractivity contribution in [1.29, 1.82) is 0 Å². The summed E-state index contributed by atoms with van der Waals surface area (Å²) in [5.41, 5.74) is 2.39. The molecule has 1 atom stereocenters. The lowest BCUT2D eigenvalue weighted by molar-refractivity contribution is -0.00000661. The summed E-state index contributed by atoms with van der Waals surface area (Å²) in [6.07, 6.45) is 2.07. The van der Waals surface area contributed by atoms with Crippen LogP contribution in [0.15, 0.2) is 18.2 Å². The van der Waals surface area contributed by atoms with Gasteiger partial charge in [-0.15, -0.1) is 0 Å². The lowest BCUT2D eigenvalue weighted by atomic mass is 9.99. The van der Waals surface area contributed by atoms with Crippen LogP contribution in [0.2, 0.25) is 0 Å². The Balaban J connectivity index is 0.00000220. The summed E-state index contributed by atoms with van der Waals surface area (Å²) in [6.45, 7) is 9.71. The van der Waals surface area contributed by atoms with Crippen molar-refractivity contribution < 1.29 is 22.3 Å². The quantitative estimate of drug-likeness (QED) is 0.816. The molecule has 1 unspecified atom stereocenters. The molecule has 1 aromatic carbocycles. The van der Waals surface area contributed by atoms with Gasteiger partial charge in [0.1, 0.15) is 18.5 Å². The van der Waals surface area contributed by atoms with Gasteiger partial charge >= 0.3 is 0 Å². The van der Waals surface area contributed by atoms with Gasteiger partial charge in [-0.2, -0.15) is 0 Å². The molecule has 0 spiro atoms. The van der Waals surface area contributed by atoms with E-state index in [1.54, 1.807) is 0 Å². The lowest BCUT2D eigenvalue weighted by Gasteiger charge is -2.31. The van der Waals surface area contributed by atoms with Crippen molar-refractivity contribution in [2.75, 3.05) is 26.2 Å². The third kappa shape index (κ3) is 6.25. The van der Waals surface area contributed by atoms with E-state index in [1.165, 1.54) is 24.0 Å². The summed E-state index contributed by atoms with van der Waals surface area (Å²) < 4.78 is 5.72. The van der Waals surface area contributed by atoms with E-state index in [0.29, 0.717) is 6.61 Å². The Morgan fingerprint density at radius 2 is 1.76 bits per heavy atom. The molecule has 1 heterocycles. The van der Waals surface area contributed by atoms with E-state index in [-0.39, 0.29) is 12.4 Å². The van der Waals surface area contributed by atoms with Crippen molar-refractivity contribution in [2.24, 2.45) is 5.92 Å². The third-order valence-corrected chi connectivity index (χ3v) is 3.98. The highest BCUT2D eigenvalue weighted by Gasteiger charge is 2.18. The molecule has 0 saturated carbocycles. The van der Waals surface area contributed by atoms with Crippen molar-refractivity contribution in [3.8, 4) is 5.75 Å². The number of aliphatic hydroxyl groups is 1. The summed E-state index contributed by atoms with van der Waals surface area (Å²) >= 11 is 0. The fourth-order valence-corrected chi connectivity index (χ4v) is 2.80. The zero-order valence-corrected chi connectivity index (χ0v) is 14.1. The Hall–Kier alpha value is -0.770. The van der Waals surface area contributed by atoms with Crippen LogP contribution in [0.3, 0.4) is 0 Å². The molecule has 1 fully saturated rings. The van der Waals surface area contributed by atoms with Crippen LogP contribution in [0.5, 0.6) is 5.75 Å².